The normalized spacial score (nSPS) is 14.0. The van der Waals surface area contributed by atoms with Crippen LogP contribution < -0.4 is 10.1 Å². The first-order valence-corrected chi connectivity index (χ1v) is 7.75. The number of halogens is 1. The smallest absolute Gasteiger partial charge is 0.272 e. The van der Waals surface area contributed by atoms with Gasteiger partial charge in [-0.25, -0.2) is 4.98 Å². The second kappa shape index (κ2) is 5.89. The summed E-state index contributed by atoms with van der Waals surface area (Å²) in [7, 11) is 0. The van der Waals surface area contributed by atoms with Crippen molar-refractivity contribution in [1.82, 2.24) is 9.55 Å². The van der Waals surface area contributed by atoms with Crippen LogP contribution in [0.2, 0.25) is 0 Å². The van der Waals surface area contributed by atoms with Crippen molar-refractivity contribution in [2.45, 2.75) is 25.8 Å². The topological polar surface area (TPSA) is 56.1 Å². The third kappa shape index (κ3) is 3.10. The number of hydrogen-bond donors (Lipinski definition) is 1. The summed E-state index contributed by atoms with van der Waals surface area (Å²) in [5.74, 6) is 0.290. The monoisotopic (exact) mass is 349 g/mol. The van der Waals surface area contributed by atoms with Crippen LogP contribution in [0.3, 0.4) is 0 Å². The molecule has 0 atom stereocenters. The van der Waals surface area contributed by atoms with Crippen LogP contribution in [0.5, 0.6) is 5.88 Å². The molecule has 1 N–H and O–H groups in total. The van der Waals surface area contributed by atoms with Crippen molar-refractivity contribution in [2.75, 3.05) is 11.9 Å². The average Bonchev–Trinajstić information content (AvgIpc) is 3.24. The highest BCUT2D eigenvalue weighted by atomic mass is 79.9. The summed E-state index contributed by atoms with van der Waals surface area (Å²) in [6.45, 7) is 2.39. The summed E-state index contributed by atoms with van der Waals surface area (Å²) in [6.07, 6.45) is 5.85. The molecule has 0 spiro atoms. The minimum atomic E-state index is -0.151. The summed E-state index contributed by atoms with van der Waals surface area (Å²) in [6, 6.07) is 5.84. The first-order chi connectivity index (χ1) is 10.2. The van der Waals surface area contributed by atoms with Crippen LogP contribution in [0.25, 0.3) is 0 Å². The zero-order valence-electron chi connectivity index (χ0n) is 11.7. The standard InChI is InChI=1S/C15H16BrN3O2/c1-2-21-15-12(4-3-7-17-15)18-14(20)13-8-10(16)9-19(13)11-5-6-11/h3-4,7-9,11H,2,5-6H2,1H3,(H,18,20). The number of hydrogen-bond acceptors (Lipinski definition) is 3. The number of anilines is 1. The fourth-order valence-electron chi connectivity index (χ4n) is 2.21. The van der Waals surface area contributed by atoms with Gasteiger partial charge in [-0.3, -0.25) is 4.79 Å². The highest BCUT2D eigenvalue weighted by Crippen LogP contribution is 2.37. The van der Waals surface area contributed by atoms with E-state index in [9.17, 15) is 4.79 Å². The molecule has 110 valence electrons. The van der Waals surface area contributed by atoms with Crippen LogP contribution in [0.1, 0.15) is 36.3 Å². The number of nitrogens with zero attached hydrogens (tertiary/aromatic N) is 2. The molecule has 3 rings (SSSR count). The number of rotatable bonds is 5. The average molecular weight is 350 g/mol. The van der Waals surface area contributed by atoms with Gasteiger partial charge in [-0.1, -0.05) is 0 Å². The van der Waals surface area contributed by atoms with Crippen LogP contribution in [-0.4, -0.2) is 22.1 Å². The Morgan fingerprint density at radius 2 is 2.38 bits per heavy atom. The minimum absolute atomic E-state index is 0.151. The van der Waals surface area contributed by atoms with Gasteiger partial charge in [0.15, 0.2) is 0 Å². The van der Waals surface area contributed by atoms with E-state index in [0.717, 1.165) is 17.3 Å². The number of nitrogens with one attached hydrogen (secondary N) is 1. The molecule has 1 amide bonds. The van der Waals surface area contributed by atoms with E-state index < -0.39 is 0 Å². The van der Waals surface area contributed by atoms with Crippen molar-refractivity contribution in [3.8, 4) is 5.88 Å². The number of pyridine rings is 1. The van der Waals surface area contributed by atoms with Crippen molar-refractivity contribution in [3.05, 3.63) is 40.8 Å². The molecule has 0 bridgehead atoms. The molecule has 2 aromatic heterocycles. The van der Waals surface area contributed by atoms with E-state index in [0.29, 0.717) is 29.9 Å². The second-order valence-corrected chi connectivity index (χ2v) is 5.84. The minimum Gasteiger partial charge on any atom is -0.476 e. The molecule has 0 radical (unpaired) electrons. The Hall–Kier alpha value is -1.82. The van der Waals surface area contributed by atoms with Crippen LogP contribution in [0, 0.1) is 0 Å². The van der Waals surface area contributed by atoms with Gasteiger partial charge in [0.2, 0.25) is 5.88 Å². The van der Waals surface area contributed by atoms with Crippen molar-refractivity contribution in [3.63, 3.8) is 0 Å². The zero-order valence-corrected chi connectivity index (χ0v) is 13.3. The van der Waals surface area contributed by atoms with Gasteiger partial charge < -0.3 is 14.6 Å². The summed E-state index contributed by atoms with van der Waals surface area (Å²) >= 11 is 3.43. The Labute approximate surface area is 131 Å². The Bertz CT molecular complexity index is 665. The molecule has 0 saturated heterocycles. The third-order valence-corrected chi connectivity index (χ3v) is 3.72. The van der Waals surface area contributed by atoms with Crippen molar-refractivity contribution in [2.24, 2.45) is 0 Å². The molecular formula is C15H16BrN3O2. The number of amides is 1. The highest BCUT2D eigenvalue weighted by molar-refractivity contribution is 9.10. The van der Waals surface area contributed by atoms with E-state index >= 15 is 0 Å². The van der Waals surface area contributed by atoms with Gasteiger partial charge in [-0.05, 0) is 53.9 Å². The van der Waals surface area contributed by atoms with Gasteiger partial charge in [-0.15, -0.1) is 0 Å². The SMILES string of the molecule is CCOc1ncccc1NC(=O)c1cc(Br)cn1C1CC1. The van der Waals surface area contributed by atoms with E-state index in [2.05, 4.69) is 26.2 Å². The Kier molecular flexibility index (Phi) is 3.96. The summed E-state index contributed by atoms with van der Waals surface area (Å²) in [5.41, 5.74) is 1.24. The van der Waals surface area contributed by atoms with E-state index in [-0.39, 0.29) is 5.91 Å². The van der Waals surface area contributed by atoms with E-state index in [1.165, 1.54) is 0 Å². The Balaban J connectivity index is 1.83. The van der Waals surface area contributed by atoms with E-state index in [1.54, 1.807) is 18.3 Å². The number of carbonyl (C=O) groups excluding carboxylic acids is 1. The van der Waals surface area contributed by atoms with Gasteiger partial charge in [0.25, 0.3) is 5.91 Å². The predicted octanol–water partition coefficient (Wildman–Crippen LogP) is 3.63. The molecule has 2 heterocycles. The fraction of sp³-hybridized carbons (Fsp3) is 0.333. The van der Waals surface area contributed by atoms with Crippen molar-refractivity contribution in [1.29, 1.82) is 0 Å². The lowest BCUT2D eigenvalue weighted by atomic mass is 10.3. The van der Waals surface area contributed by atoms with Crippen LogP contribution >= 0.6 is 15.9 Å². The molecule has 0 aromatic carbocycles. The van der Waals surface area contributed by atoms with Crippen molar-refractivity contribution < 1.29 is 9.53 Å². The van der Waals surface area contributed by atoms with Crippen LogP contribution in [0.4, 0.5) is 5.69 Å². The highest BCUT2D eigenvalue weighted by Gasteiger charge is 2.28. The summed E-state index contributed by atoms with van der Waals surface area (Å²) in [5, 5.41) is 2.88. The molecule has 21 heavy (non-hydrogen) atoms. The van der Waals surface area contributed by atoms with E-state index in [1.807, 2.05) is 23.8 Å². The van der Waals surface area contributed by atoms with Gasteiger partial charge in [0.05, 0.1) is 6.61 Å². The van der Waals surface area contributed by atoms with Gasteiger partial charge in [0.1, 0.15) is 11.4 Å². The molecular weight excluding hydrogens is 334 g/mol. The van der Waals surface area contributed by atoms with Crippen molar-refractivity contribution >= 4 is 27.5 Å². The molecule has 1 fully saturated rings. The van der Waals surface area contributed by atoms with Gasteiger partial charge in [-0.2, -0.15) is 0 Å². The lowest BCUT2D eigenvalue weighted by Gasteiger charge is -2.11. The Morgan fingerprint density at radius 1 is 1.57 bits per heavy atom. The molecule has 1 saturated carbocycles. The predicted molar refractivity (Wildman–Crippen MR) is 83.8 cm³/mol. The number of ether oxygens (including phenoxy) is 1. The number of carbonyl (C=O) groups is 1. The van der Waals surface area contributed by atoms with E-state index in [4.69, 9.17) is 4.74 Å². The largest absolute Gasteiger partial charge is 0.476 e. The quantitative estimate of drug-likeness (QED) is 0.896. The number of aromatic nitrogens is 2. The maximum Gasteiger partial charge on any atom is 0.272 e. The maximum atomic E-state index is 12.5. The summed E-state index contributed by atoms with van der Waals surface area (Å²) < 4.78 is 8.36. The summed E-state index contributed by atoms with van der Waals surface area (Å²) in [4.78, 5) is 16.6. The van der Waals surface area contributed by atoms with Gasteiger partial charge >= 0.3 is 0 Å². The Morgan fingerprint density at radius 3 is 3.10 bits per heavy atom. The first kappa shape index (κ1) is 14.1. The molecule has 6 heteroatoms. The molecule has 1 aliphatic rings. The van der Waals surface area contributed by atoms with Gasteiger partial charge in [0, 0.05) is 22.9 Å². The molecule has 1 aliphatic carbocycles. The first-order valence-electron chi connectivity index (χ1n) is 6.95. The third-order valence-electron chi connectivity index (χ3n) is 3.29. The molecule has 5 nitrogen and oxygen atoms in total. The molecule has 0 unspecified atom stereocenters. The van der Waals surface area contributed by atoms with Crippen LogP contribution in [0.15, 0.2) is 35.1 Å². The van der Waals surface area contributed by atoms with Crippen LogP contribution in [-0.2, 0) is 0 Å². The molecule has 2 aromatic rings. The maximum absolute atomic E-state index is 12.5. The molecule has 0 aliphatic heterocycles. The lowest BCUT2D eigenvalue weighted by Crippen LogP contribution is -2.17. The second-order valence-electron chi connectivity index (χ2n) is 4.93. The lowest BCUT2D eigenvalue weighted by molar-refractivity contribution is 0.101. The fourth-order valence-corrected chi connectivity index (χ4v) is 2.64. The zero-order chi connectivity index (χ0) is 14.8.